The van der Waals surface area contributed by atoms with Crippen molar-refractivity contribution in [3.63, 3.8) is 0 Å². The van der Waals surface area contributed by atoms with E-state index in [1.54, 1.807) is 4.90 Å². The molecule has 0 saturated carbocycles. The average molecular weight is 229 g/mol. The molecule has 0 bridgehead atoms. The summed E-state index contributed by atoms with van der Waals surface area (Å²) in [6.07, 6.45) is 0. The fourth-order valence-electron chi connectivity index (χ4n) is 1.77. The van der Waals surface area contributed by atoms with Crippen molar-refractivity contribution in [3.8, 4) is 0 Å². The maximum absolute atomic E-state index is 12.0. The van der Waals surface area contributed by atoms with Gasteiger partial charge in [-0.15, -0.1) is 0 Å². The molecular weight excluding hydrogens is 206 g/mol. The third-order valence-corrected chi connectivity index (χ3v) is 2.83. The molecule has 2 amide bonds. The van der Waals surface area contributed by atoms with E-state index in [1.807, 2.05) is 11.9 Å². The first-order chi connectivity index (χ1) is 7.46. The van der Waals surface area contributed by atoms with Crippen LogP contribution < -0.4 is 5.73 Å². The first-order valence-corrected chi connectivity index (χ1v) is 5.74. The van der Waals surface area contributed by atoms with Gasteiger partial charge in [0, 0.05) is 26.7 Å². The molecule has 94 valence electrons. The molecule has 1 rings (SSSR count). The summed E-state index contributed by atoms with van der Waals surface area (Å²) < 4.78 is 5.22. The van der Waals surface area contributed by atoms with Gasteiger partial charge in [0.25, 0.3) is 0 Å². The number of carbonyl (C=O) groups excluding carboxylic acids is 1. The number of nitrogens with zero attached hydrogens (tertiary/aromatic N) is 2. The summed E-state index contributed by atoms with van der Waals surface area (Å²) in [5.41, 5.74) is 5.63. The molecule has 1 saturated heterocycles. The predicted octanol–water partition coefficient (Wildman–Crippen LogP) is 0.355. The molecule has 5 heteroatoms. The number of urea groups is 1. The van der Waals surface area contributed by atoms with Crippen LogP contribution in [0.1, 0.15) is 13.8 Å². The van der Waals surface area contributed by atoms with Crippen LogP contribution in [0.5, 0.6) is 0 Å². The fraction of sp³-hybridized carbons (Fsp3) is 0.909. The summed E-state index contributed by atoms with van der Waals surface area (Å²) >= 11 is 0. The highest BCUT2D eigenvalue weighted by atomic mass is 16.5. The van der Waals surface area contributed by atoms with E-state index >= 15 is 0 Å². The standard InChI is InChI=1S/C11H23N3O2/c1-11(2,8-12)9-13(3)10(15)14-4-6-16-7-5-14/h4-9,12H2,1-3H3. The van der Waals surface area contributed by atoms with Crippen LogP contribution in [0.3, 0.4) is 0 Å². The largest absolute Gasteiger partial charge is 0.378 e. The number of nitrogens with two attached hydrogens (primary N) is 1. The van der Waals surface area contributed by atoms with Gasteiger partial charge < -0.3 is 20.3 Å². The zero-order valence-electron chi connectivity index (χ0n) is 10.5. The Morgan fingerprint density at radius 2 is 2.00 bits per heavy atom. The second-order valence-electron chi connectivity index (χ2n) is 5.11. The molecular formula is C11H23N3O2. The molecule has 0 unspecified atom stereocenters. The number of amides is 2. The summed E-state index contributed by atoms with van der Waals surface area (Å²) in [6, 6.07) is 0.0739. The topological polar surface area (TPSA) is 58.8 Å². The van der Waals surface area contributed by atoms with Crippen LogP contribution in [0.15, 0.2) is 0 Å². The minimum absolute atomic E-state index is 0.0311. The summed E-state index contributed by atoms with van der Waals surface area (Å²) in [5.74, 6) is 0. The predicted molar refractivity (Wildman–Crippen MR) is 63.3 cm³/mol. The minimum atomic E-state index is -0.0311. The van der Waals surface area contributed by atoms with Crippen molar-refractivity contribution in [3.05, 3.63) is 0 Å². The number of rotatable bonds is 3. The third kappa shape index (κ3) is 3.64. The van der Waals surface area contributed by atoms with E-state index in [1.165, 1.54) is 0 Å². The number of morpholine rings is 1. The van der Waals surface area contributed by atoms with E-state index in [0.29, 0.717) is 39.4 Å². The van der Waals surface area contributed by atoms with Crippen LogP contribution >= 0.6 is 0 Å². The molecule has 0 spiro atoms. The monoisotopic (exact) mass is 229 g/mol. The Morgan fingerprint density at radius 3 is 2.50 bits per heavy atom. The second-order valence-corrected chi connectivity index (χ2v) is 5.11. The van der Waals surface area contributed by atoms with E-state index in [0.717, 1.165) is 0 Å². The van der Waals surface area contributed by atoms with Crippen molar-refractivity contribution in [2.45, 2.75) is 13.8 Å². The summed E-state index contributed by atoms with van der Waals surface area (Å²) in [7, 11) is 1.83. The molecule has 0 aromatic carbocycles. The zero-order chi connectivity index (χ0) is 12.2. The van der Waals surface area contributed by atoms with Crippen LogP contribution in [0, 0.1) is 5.41 Å². The molecule has 0 atom stereocenters. The molecule has 5 nitrogen and oxygen atoms in total. The Labute approximate surface area is 97.5 Å². The highest BCUT2D eigenvalue weighted by molar-refractivity contribution is 5.74. The van der Waals surface area contributed by atoms with Gasteiger partial charge >= 0.3 is 6.03 Å². The molecule has 0 radical (unpaired) electrons. The zero-order valence-corrected chi connectivity index (χ0v) is 10.5. The molecule has 0 aliphatic carbocycles. The maximum atomic E-state index is 12.0. The quantitative estimate of drug-likeness (QED) is 0.760. The highest BCUT2D eigenvalue weighted by Crippen LogP contribution is 2.15. The van der Waals surface area contributed by atoms with Gasteiger partial charge in [0.15, 0.2) is 0 Å². The van der Waals surface area contributed by atoms with Gasteiger partial charge in [-0.3, -0.25) is 0 Å². The molecule has 2 N–H and O–H groups in total. The number of ether oxygens (including phenoxy) is 1. The van der Waals surface area contributed by atoms with Crippen molar-refractivity contribution in [1.82, 2.24) is 9.80 Å². The van der Waals surface area contributed by atoms with Crippen LogP contribution in [0.25, 0.3) is 0 Å². The molecule has 1 aliphatic rings. The number of hydrogen-bond donors (Lipinski definition) is 1. The maximum Gasteiger partial charge on any atom is 0.319 e. The van der Waals surface area contributed by atoms with Gasteiger partial charge in [0.2, 0.25) is 0 Å². The molecule has 0 aromatic rings. The van der Waals surface area contributed by atoms with Crippen molar-refractivity contribution in [1.29, 1.82) is 0 Å². The Hall–Kier alpha value is -0.810. The van der Waals surface area contributed by atoms with Gasteiger partial charge in [-0.1, -0.05) is 13.8 Å². The van der Waals surface area contributed by atoms with Crippen molar-refractivity contribution < 1.29 is 9.53 Å². The van der Waals surface area contributed by atoms with Crippen molar-refractivity contribution in [2.24, 2.45) is 11.1 Å². The number of carbonyl (C=O) groups is 1. The minimum Gasteiger partial charge on any atom is -0.378 e. The van der Waals surface area contributed by atoms with Crippen LogP contribution in [0.2, 0.25) is 0 Å². The summed E-state index contributed by atoms with van der Waals surface area (Å²) in [6.45, 7) is 8.04. The van der Waals surface area contributed by atoms with Gasteiger partial charge in [0.05, 0.1) is 13.2 Å². The van der Waals surface area contributed by atoms with Gasteiger partial charge in [-0.05, 0) is 12.0 Å². The Morgan fingerprint density at radius 1 is 1.44 bits per heavy atom. The van der Waals surface area contributed by atoms with Crippen LogP contribution in [0.4, 0.5) is 4.79 Å². The van der Waals surface area contributed by atoms with E-state index in [-0.39, 0.29) is 11.4 Å². The lowest BCUT2D eigenvalue weighted by Gasteiger charge is -2.34. The first-order valence-electron chi connectivity index (χ1n) is 5.74. The molecule has 16 heavy (non-hydrogen) atoms. The second kappa shape index (κ2) is 5.50. The van der Waals surface area contributed by atoms with Gasteiger partial charge in [-0.2, -0.15) is 0 Å². The Kier molecular flexibility index (Phi) is 4.56. The molecule has 1 heterocycles. The Bertz CT molecular complexity index is 237. The molecule has 0 aromatic heterocycles. The number of hydrogen-bond acceptors (Lipinski definition) is 3. The fourth-order valence-corrected chi connectivity index (χ4v) is 1.77. The van der Waals surface area contributed by atoms with Crippen molar-refractivity contribution in [2.75, 3.05) is 46.4 Å². The van der Waals surface area contributed by atoms with Crippen LogP contribution in [-0.4, -0.2) is 62.3 Å². The van der Waals surface area contributed by atoms with Gasteiger partial charge in [0.1, 0.15) is 0 Å². The SMILES string of the molecule is CN(CC(C)(C)CN)C(=O)N1CCOCC1. The van der Waals surface area contributed by atoms with E-state index < -0.39 is 0 Å². The lowest BCUT2D eigenvalue weighted by Crippen LogP contribution is -2.49. The van der Waals surface area contributed by atoms with E-state index in [4.69, 9.17) is 10.5 Å². The van der Waals surface area contributed by atoms with Crippen LogP contribution in [-0.2, 0) is 4.74 Å². The first kappa shape index (κ1) is 13.3. The normalized spacial score (nSPS) is 17.4. The smallest absolute Gasteiger partial charge is 0.319 e. The van der Waals surface area contributed by atoms with Gasteiger partial charge in [-0.25, -0.2) is 4.79 Å². The lowest BCUT2D eigenvalue weighted by molar-refractivity contribution is 0.0428. The average Bonchev–Trinajstić information content (AvgIpc) is 2.28. The summed E-state index contributed by atoms with van der Waals surface area (Å²) in [5, 5.41) is 0. The lowest BCUT2D eigenvalue weighted by atomic mass is 9.93. The Balaban J connectivity index is 2.46. The highest BCUT2D eigenvalue weighted by Gasteiger charge is 2.25. The molecule has 1 fully saturated rings. The van der Waals surface area contributed by atoms with E-state index in [2.05, 4.69) is 13.8 Å². The summed E-state index contributed by atoms with van der Waals surface area (Å²) in [4.78, 5) is 15.6. The van der Waals surface area contributed by atoms with Crippen molar-refractivity contribution >= 4 is 6.03 Å². The molecule has 1 aliphatic heterocycles. The van der Waals surface area contributed by atoms with E-state index in [9.17, 15) is 4.79 Å². The third-order valence-electron chi connectivity index (χ3n) is 2.83.